The summed E-state index contributed by atoms with van der Waals surface area (Å²) >= 11 is 0. The normalized spacial score (nSPS) is 24.2. The maximum atomic E-state index is 13.6. The number of esters is 1. The summed E-state index contributed by atoms with van der Waals surface area (Å²) in [4.78, 5) is 30.4. The SMILES string of the molecule is CCOC(=O)CC1C(=O)N(C2CCN([C@@H]3c4cccc5cccc(c45)[C@H]3C)CC2)c2ccccc21. The lowest BCUT2D eigenvalue weighted by atomic mass is 9.93. The number of piperidine rings is 1. The van der Waals surface area contributed by atoms with Gasteiger partial charge in [0.25, 0.3) is 0 Å². The lowest BCUT2D eigenvalue weighted by Gasteiger charge is -2.41. The molecular weight excluding hydrogens is 436 g/mol. The molecule has 0 spiro atoms. The third-order valence-electron chi connectivity index (χ3n) is 8.29. The number of nitrogens with zero attached hydrogens (tertiary/aromatic N) is 2. The van der Waals surface area contributed by atoms with Crippen LogP contribution in [0.3, 0.4) is 0 Å². The van der Waals surface area contributed by atoms with E-state index < -0.39 is 5.92 Å². The van der Waals surface area contributed by atoms with Gasteiger partial charge in [-0.3, -0.25) is 14.5 Å². The first-order valence-electron chi connectivity index (χ1n) is 12.9. The molecule has 6 rings (SSSR count). The molecule has 3 aliphatic rings. The van der Waals surface area contributed by atoms with Crippen molar-refractivity contribution in [2.24, 2.45) is 0 Å². The fourth-order valence-corrected chi connectivity index (χ4v) is 6.78. The Morgan fingerprint density at radius 2 is 1.63 bits per heavy atom. The second-order valence-corrected chi connectivity index (χ2v) is 10.1. The second kappa shape index (κ2) is 8.80. The molecule has 35 heavy (non-hydrogen) atoms. The molecule has 0 bridgehead atoms. The smallest absolute Gasteiger partial charge is 0.306 e. The van der Waals surface area contributed by atoms with Crippen molar-refractivity contribution in [1.29, 1.82) is 0 Å². The van der Waals surface area contributed by atoms with E-state index in [1.807, 2.05) is 29.2 Å². The summed E-state index contributed by atoms with van der Waals surface area (Å²) in [6.07, 6.45) is 1.98. The molecule has 3 aromatic carbocycles. The van der Waals surface area contributed by atoms with Gasteiger partial charge in [0.05, 0.1) is 18.9 Å². The first kappa shape index (κ1) is 22.3. The van der Waals surface area contributed by atoms with Crippen molar-refractivity contribution in [1.82, 2.24) is 4.90 Å². The van der Waals surface area contributed by atoms with Crippen molar-refractivity contribution in [2.45, 2.75) is 57.0 Å². The Balaban J connectivity index is 1.21. The van der Waals surface area contributed by atoms with Gasteiger partial charge in [-0.25, -0.2) is 0 Å². The molecule has 0 N–H and O–H groups in total. The topological polar surface area (TPSA) is 49.9 Å². The fourth-order valence-electron chi connectivity index (χ4n) is 6.78. The summed E-state index contributed by atoms with van der Waals surface area (Å²) in [6.45, 7) is 6.40. The molecule has 5 nitrogen and oxygen atoms in total. The summed E-state index contributed by atoms with van der Waals surface area (Å²) in [7, 11) is 0. The van der Waals surface area contributed by atoms with Crippen molar-refractivity contribution < 1.29 is 14.3 Å². The number of hydrogen-bond donors (Lipinski definition) is 0. The third-order valence-corrected chi connectivity index (χ3v) is 8.29. The van der Waals surface area contributed by atoms with Gasteiger partial charge in [0.2, 0.25) is 5.91 Å². The average Bonchev–Trinajstić information content (AvgIpc) is 3.32. The van der Waals surface area contributed by atoms with Crippen LogP contribution in [0, 0.1) is 0 Å². The largest absolute Gasteiger partial charge is 0.466 e. The van der Waals surface area contributed by atoms with E-state index >= 15 is 0 Å². The Kier molecular flexibility index (Phi) is 5.60. The van der Waals surface area contributed by atoms with Crippen molar-refractivity contribution in [3.8, 4) is 0 Å². The van der Waals surface area contributed by atoms with Crippen molar-refractivity contribution in [2.75, 3.05) is 24.6 Å². The number of carbonyl (C=O) groups is 2. The zero-order valence-electron chi connectivity index (χ0n) is 20.4. The molecule has 2 aliphatic heterocycles. The quantitative estimate of drug-likeness (QED) is 0.461. The van der Waals surface area contributed by atoms with Crippen LogP contribution in [-0.4, -0.2) is 42.5 Å². The van der Waals surface area contributed by atoms with Crippen LogP contribution >= 0.6 is 0 Å². The standard InChI is InChI=1S/C30H32N2O3/c1-3-35-27(33)18-25-23-10-4-5-13-26(23)32(30(25)34)21-14-16-31(17-15-21)29-19(2)22-11-6-8-20-9-7-12-24(29)28(20)22/h4-13,19,21,25,29H,3,14-18H2,1-2H3/t19-,25?,29+/m1/s1. The maximum Gasteiger partial charge on any atom is 0.306 e. The summed E-state index contributed by atoms with van der Waals surface area (Å²) in [6, 6.07) is 21.9. The Labute approximate surface area is 206 Å². The predicted octanol–water partition coefficient (Wildman–Crippen LogP) is 5.55. The summed E-state index contributed by atoms with van der Waals surface area (Å²) in [5.74, 6) is -0.244. The molecule has 1 saturated heterocycles. The molecule has 0 radical (unpaired) electrons. The molecule has 3 atom stereocenters. The average molecular weight is 469 g/mol. The highest BCUT2D eigenvalue weighted by Gasteiger charge is 2.44. The molecule has 1 unspecified atom stereocenters. The monoisotopic (exact) mass is 468 g/mol. The lowest BCUT2D eigenvalue weighted by molar-refractivity contribution is -0.144. The zero-order valence-corrected chi connectivity index (χ0v) is 20.4. The maximum absolute atomic E-state index is 13.6. The highest BCUT2D eigenvalue weighted by Crippen LogP contribution is 2.49. The van der Waals surface area contributed by atoms with E-state index in [0.717, 1.165) is 37.2 Å². The highest BCUT2D eigenvalue weighted by atomic mass is 16.5. The predicted molar refractivity (Wildman–Crippen MR) is 138 cm³/mol. The molecule has 0 saturated carbocycles. The van der Waals surface area contributed by atoms with Gasteiger partial charge in [0.1, 0.15) is 0 Å². The van der Waals surface area contributed by atoms with E-state index in [9.17, 15) is 9.59 Å². The third kappa shape index (κ3) is 3.56. The highest BCUT2D eigenvalue weighted by molar-refractivity contribution is 6.07. The fraction of sp³-hybridized carbons (Fsp3) is 0.400. The van der Waals surface area contributed by atoms with Crippen LogP contribution in [0.25, 0.3) is 10.8 Å². The minimum absolute atomic E-state index is 0.0455. The van der Waals surface area contributed by atoms with Crippen LogP contribution in [0.5, 0.6) is 0 Å². The van der Waals surface area contributed by atoms with Gasteiger partial charge in [0.15, 0.2) is 0 Å². The van der Waals surface area contributed by atoms with Crippen LogP contribution < -0.4 is 4.90 Å². The number of carbonyl (C=O) groups excluding carboxylic acids is 2. The molecular formula is C30H32N2O3. The Morgan fingerprint density at radius 1 is 0.943 bits per heavy atom. The van der Waals surface area contributed by atoms with Gasteiger partial charge >= 0.3 is 5.97 Å². The van der Waals surface area contributed by atoms with E-state index in [2.05, 4.69) is 48.2 Å². The molecule has 3 aromatic rings. The molecule has 1 fully saturated rings. The molecule has 0 aromatic heterocycles. The van der Waals surface area contributed by atoms with Gasteiger partial charge in [-0.15, -0.1) is 0 Å². The van der Waals surface area contributed by atoms with Gasteiger partial charge in [-0.2, -0.15) is 0 Å². The number of rotatable bonds is 5. The molecule has 1 amide bonds. The van der Waals surface area contributed by atoms with Gasteiger partial charge in [-0.05, 0) is 53.3 Å². The number of anilines is 1. The summed E-state index contributed by atoms with van der Waals surface area (Å²) < 4.78 is 5.16. The van der Waals surface area contributed by atoms with Gasteiger partial charge in [-0.1, -0.05) is 61.5 Å². The summed E-state index contributed by atoms with van der Waals surface area (Å²) in [5.41, 5.74) is 4.83. The lowest BCUT2D eigenvalue weighted by Crippen LogP contribution is -2.48. The minimum Gasteiger partial charge on any atom is -0.466 e. The second-order valence-electron chi connectivity index (χ2n) is 10.1. The van der Waals surface area contributed by atoms with Crippen molar-refractivity contribution in [3.63, 3.8) is 0 Å². The van der Waals surface area contributed by atoms with E-state index in [4.69, 9.17) is 4.74 Å². The van der Waals surface area contributed by atoms with E-state index in [-0.39, 0.29) is 24.3 Å². The van der Waals surface area contributed by atoms with Crippen LogP contribution in [0.15, 0.2) is 60.7 Å². The number of fused-ring (bicyclic) bond motifs is 1. The number of amides is 1. The van der Waals surface area contributed by atoms with Crippen LogP contribution in [0.4, 0.5) is 5.69 Å². The first-order chi connectivity index (χ1) is 17.1. The zero-order chi connectivity index (χ0) is 24.1. The molecule has 180 valence electrons. The minimum atomic E-state index is -0.440. The van der Waals surface area contributed by atoms with E-state index in [0.29, 0.717) is 18.6 Å². The first-order valence-corrected chi connectivity index (χ1v) is 12.9. The van der Waals surface area contributed by atoms with Crippen molar-refractivity contribution in [3.05, 3.63) is 77.4 Å². The summed E-state index contributed by atoms with van der Waals surface area (Å²) in [5, 5.41) is 2.76. The van der Waals surface area contributed by atoms with Gasteiger partial charge in [0, 0.05) is 36.8 Å². The van der Waals surface area contributed by atoms with E-state index in [1.54, 1.807) is 6.92 Å². The van der Waals surface area contributed by atoms with Crippen molar-refractivity contribution >= 4 is 28.3 Å². The number of likely N-dealkylation sites (tertiary alicyclic amines) is 1. The van der Waals surface area contributed by atoms with E-state index in [1.165, 1.54) is 21.9 Å². The van der Waals surface area contributed by atoms with Crippen LogP contribution in [0.1, 0.15) is 67.7 Å². The number of hydrogen-bond acceptors (Lipinski definition) is 4. The number of ether oxygens (including phenoxy) is 1. The van der Waals surface area contributed by atoms with Crippen LogP contribution in [-0.2, 0) is 14.3 Å². The van der Waals surface area contributed by atoms with Crippen LogP contribution in [0.2, 0.25) is 0 Å². The molecule has 1 aliphatic carbocycles. The molecule has 5 heteroatoms. The molecule has 2 heterocycles. The number of para-hydroxylation sites is 1. The Morgan fingerprint density at radius 3 is 2.37 bits per heavy atom. The number of benzene rings is 3. The van der Waals surface area contributed by atoms with Gasteiger partial charge < -0.3 is 9.64 Å². The Bertz CT molecular complexity index is 1290. The Hall–Kier alpha value is -3.18.